The summed E-state index contributed by atoms with van der Waals surface area (Å²) < 4.78 is 0. The van der Waals surface area contributed by atoms with Gasteiger partial charge in [0.15, 0.2) is 0 Å². The Morgan fingerprint density at radius 1 is 1.60 bits per heavy atom. The van der Waals surface area contributed by atoms with Crippen LogP contribution in [0.1, 0.15) is 32.9 Å². The van der Waals surface area contributed by atoms with Crippen LogP contribution in [0.2, 0.25) is 0 Å². The molecule has 84 valence electrons. The molecule has 1 aromatic heterocycles. The molecule has 0 saturated heterocycles. The lowest BCUT2D eigenvalue weighted by atomic mass is 9.82. The first-order valence-corrected chi connectivity index (χ1v) is 5.15. The van der Waals surface area contributed by atoms with Crippen LogP contribution in [0, 0.1) is 11.3 Å². The second-order valence-electron chi connectivity index (χ2n) is 5.15. The zero-order valence-electron chi connectivity index (χ0n) is 9.58. The average Bonchev–Trinajstić information content (AvgIpc) is 2.52. The summed E-state index contributed by atoms with van der Waals surface area (Å²) in [6.45, 7) is 6.32. The molecule has 3 N–H and O–H groups in total. The summed E-state index contributed by atoms with van der Waals surface area (Å²) in [5.41, 5.74) is 6.46. The van der Waals surface area contributed by atoms with Gasteiger partial charge in [0.1, 0.15) is 0 Å². The van der Waals surface area contributed by atoms with E-state index in [0.717, 1.165) is 12.1 Å². The van der Waals surface area contributed by atoms with Crippen molar-refractivity contribution >= 4 is 5.91 Å². The number of hydrogen-bond acceptors (Lipinski definition) is 2. The maximum Gasteiger partial charge on any atom is 0.220 e. The van der Waals surface area contributed by atoms with E-state index in [9.17, 15) is 4.79 Å². The van der Waals surface area contributed by atoms with Crippen molar-refractivity contribution in [3.63, 3.8) is 0 Å². The van der Waals surface area contributed by atoms with Gasteiger partial charge in [0.25, 0.3) is 0 Å². The van der Waals surface area contributed by atoms with E-state index >= 15 is 0 Å². The Labute approximate surface area is 90.3 Å². The topological polar surface area (TPSA) is 71.8 Å². The summed E-state index contributed by atoms with van der Waals surface area (Å²) in [5, 5.41) is 0. The highest BCUT2D eigenvalue weighted by atomic mass is 16.1. The summed E-state index contributed by atoms with van der Waals surface area (Å²) in [7, 11) is 0. The highest BCUT2D eigenvalue weighted by Gasteiger charge is 2.23. The lowest BCUT2D eigenvalue weighted by Gasteiger charge is -2.23. The van der Waals surface area contributed by atoms with Gasteiger partial charge in [-0.1, -0.05) is 20.8 Å². The molecule has 1 heterocycles. The van der Waals surface area contributed by atoms with Crippen molar-refractivity contribution < 1.29 is 4.79 Å². The van der Waals surface area contributed by atoms with Crippen LogP contribution < -0.4 is 5.73 Å². The molecule has 0 aliphatic heterocycles. The number of hydrogen-bond donors (Lipinski definition) is 2. The molecule has 0 radical (unpaired) electrons. The Balaban J connectivity index is 2.63. The number of rotatable bonds is 4. The van der Waals surface area contributed by atoms with Crippen LogP contribution in [0.4, 0.5) is 0 Å². The van der Waals surface area contributed by atoms with Crippen LogP contribution in [-0.2, 0) is 11.2 Å². The Morgan fingerprint density at radius 2 is 2.27 bits per heavy atom. The fraction of sp³-hybridized carbons (Fsp3) is 0.636. The van der Waals surface area contributed by atoms with Gasteiger partial charge in [0.2, 0.25) is 5.91 Å². The van der Waals surface area contributed by atoms with Crippen molar-refractivity contribution in [1.29, 1.82) is 0 Å². The number of aromatic nitrogens is 2. The van der Waals surface area contributed by atoms with Gasteiger partial charge < -0.3 is 10.7 Å². The predicted octanol–water partition coefficient (Wildman–Crippen LogP) is 1.49. The molecule has 1 atom stereocenters. The second-order valence-corrected chi connectivity index (χ2v) is 5.15. The minimum atomic E-state index is -0.237. The van der Waals surface area contributed by atoms with Crippen molar-refractivity contribution in [3.8, 4) is 0 Å². The SMILES string of the molecule is CC(C)(C)C[C@@H](Cc1cnc[nH]1)C(N)=O. The first-order valence-electron chi connectivity index (χ1n) is 5.15. The highest BCUT2D eigenvalue weighted by Crippen LogP contribution is 2.26. The molecular weight excluding hydrogens is 190 g/mol. The molecule has 0 bridgehead atoms. The van der Waals surface area contributed by atoms with E-state index in [-0.39, 0.29) is 17.2 Å². The van der Waals surface area contributed by atoms with Crippen LogP contribution in [0.3, 0.4) is 0 Å². The quantitative estimate of drug-likeness (QED) is 0.788. The van der Waals surface area contributed by atoms with Gasteiger partial charge in [0, 0.05) is 24.2 Å². The van der Waals surface area contributed by atoms with Crippen LogP contribution in [0.25, 0.3) is 0 Å². The van der Waals surface area contributed by atoms with Crippen LogP contribution in [0.5, 0.6) is 0 Å². The molecule has 0 fully saturated rings. The maximum atomic E-state index is 11.3. The molecule has 1 rings (SSSR count). The average molecular weight is 209 g/mol. The normalized spacial score (nSPS) is 13.8. The molecule has 0 unspecified atom stereocenters. The largest absolute Gasteiger partial charge is 0.369 e. The van der Waals surface area contributed by atoms with Crippen LogP contribution >= 0.6 is 0 Å². The molecule has 1 aromatic rings. The Morgan fingerprint density at radius 3 is 2.67 bits per heavy atom. The van der Waals surface area contributed by atoms with Crippen molar-refractivity contribution in [2.45, 2.75) is 33.6 Å². The number of H-pyrrole nitrogens is 1. The van der Waals surface area contributed by atoms with Crippen LogP contribution in [-0.4, -0.2) is 15.9 Å². The van der Waals surface area contributed by atoms with E-state index in [1.54, 1.807) is 12.5 Å². The third-order valence-corrected chi connectivity index (χ3v) is 2.28. The number of nitrogens with one attached hydrogen (secondary N) is 1. The number of carbonyl (C=O) groups is 1. The summed E-state index contributed by atoms with van der Waals surface area (Å²) in [4.78, 5) is 18.2. The fourth-order valence-corrected chi connectivity index (χ4v) is 1.67. The predicted molar refractivity (Wildman–Crippen MR) is 59.0 cm³/mol. The number of amides is 1. The molecule has 4 heteroatoms. The molecule has 1 amide bonds. The number of aromatic amines is 1. The van der Waals surface area contributed by atoms with Gasteiger partial charge in [-0.2, -0.15) is 0 Å². The number of nitrogens with two attached hydrogens (primary N) is 1. The standard InChI is InChI=1S/C11H19N3O/c1-11(2,3)5-8(10(12)15)4-9-6-13-7-14-9/h6-8H,4-5H2,1-3H3,(H2,12,15)(H,13,14)/t8-/m1/s1. The third-order valence-electron chi connectivity index (χ3n) is 2.28. The first kappa shape index (κ1) is 11.8. The minimum Gasteiger partial charge on any atom is -0.369 e. The molecule has 0 aromatic carbocycles. The van der Waals surface area contributed by atoms with Crippen molar-refractivity contribution in [3.05, 3.63) is 18.2 Å². The maximum absolute atomic E-state index is 11.3. The van der Waals surface area contributed by atoms with Gasteiger partial charge in [-0.25, -0.2) is 4.98 Å². The molecule has 0 spiro atoms. The molecule has 4 nitrogen and oxygen atoms in total. The number of nitrogens with zero attached hydrogens (tertiary/aromatic N) is 1. The molecule has 0 saturated carbocycles. The van der Waals surface area contributed by atoms with Gasteiger partial charge in [-0.05, 0) is 11.8 Å². The summed E-state index contributed by atoms with van der Waals surface area (Å²) in [6.07, 6.45) is 4.79. The number of imidazole rings is 1. The van der Waals surface area contributed by atoms with Crippen molar-refractivity contribution in [1.82, 2.24) is 9.97 Å². The zero-order valence-corrected chi connectivity index (χ0v) is 9.58. The second kappa shape index (κ2) is 4.47. The van der Waals surface area contributed by atoms with Gasteiger partial charge in [0.05, 0.1) is 6.33 Å². The smallest absolute Gasteiger partial charge is 0.220 e. The highest BCUT2D eigenvalue weighted by molar-refractivity contribution is 5.76. The Hall–Kier alpha value is -1.32. The number of primary amides is 1. The van der Waals surface area contributed by atoms with Crippen LogP contribution in [0.15, 0.2) is 12.5 Å². The van der Waals surface area contributed by atoms with Gasteiger partial charge >= 0.3 is 0 Å². The summed E-state index contributed by atoms with van der Waals surface area (Å²) >= 11 is 0. The van der Waals surface area contributed by atoms with E-state index < -0.39 is 0 Å². The monoisotopic (exact) mass is 209 g/mol. The van der Waals surface area contributed by atoms with Crippen molar-refractivity contribution in [2.75, 3.05) is 0 Å². The minimum absolute atomic E-state index is 0.111. The third kappa shape index (κ3) is 4.14. The summed E-state index contributed by atoms with van der Waals surface area (Å²) in [5.74, 6) is -0.357. The molecular formula is C11H19N3O. The van der Waals surface area contributed by atoms with E-state index in [4.69, 9.17) is 5.73 Å². The Kier molecular flexibility index (Phi) is 3.50. The van der Waals surface area contributed by atoms with E-state index in [1.807, 2.05) is 0 Å². The number of carbonyl (C=O) groups excluding carboxylic acids is 1. The zero-order chi connectivity index (χ0) is 11.5. The summed E-state index contributed by atoms with van der Waals surface area (Å²) in [6, 6.07) is 0. The molecule has 0 aliphatic carbocycles. The lowest BCUT2D eigenvalue weighted by Crippen LogP contribution is -2.29. The first-order chi connectivity index (χ1) is 6.88. The fourth-order valence-electron chi connectivity index (χ4n) is 1.67. The lowest BCUT2D eigenvalue weighted by molar-refractivity contribution is -0.122. The van der Waals surface area contributed by atoms with Crippen molar-refractivity contribution in [2.24, 2.45) is 17.1 Å². The molecule has 15 heavy (non-hydrogen) atoms. The van der Waals surface area contributed by atoms with E-state index in [2.05, 4.69) is 30.7 Å². The Bertz CT molecular complexity index is 311. The van der Waals surface area contributed by atoms with Gasteiger partial charge in [-0.3, -0.25) is 4.79 Å². The van der Waals surface area contributed by atoms with E-state index in [1.165, 1.54) is 0 Å². The van der Waals surface area contributed by atoms with Gasteiger partial charge in [-0.15, -0.1) is 0 Å². The molecule has 0 aliphatic rings. The van der Waals surface area contributed by atoms with E-state index in [0.29, 0.717) is 6.42 Å².